The number of amides is 1. The first kappa shape index (κ1) is 20.7. The number of carbonyl (C=O) groups excluding carboxylic acids is 1. The summed E-state index contributed by atoms with van der Waals surface area (Å²) in [5.41, 5.74) is 11.4. The number of pyridine rings is 1. The lowest BCUT2D eigenvalue weighted by Crippen LogP contribution is -2.42. The fourth-order valence-corrected chi connectivity index (χ4v) is 4.10. The van der Waals surface area contributed by atoms with Crippen molar-refractivity contribution < 1.29 is 4.79 Å². The second kappa shape index (κ2) is 9.04. The Morgan fingerprint density at radius 1 is 1.13 bits per heavy atom. The van der Waals surface area contributed by atoms with Crippen molar-refractivity contribution in [1.29, 1.82) is 0 Å². The first-order valence-corrected chi connectivity index (χ1v) is 10.5. The van der Waals surface area contributed by atoms with E-state index in [1.165, 1.54) is 0 Å². The van der Waals surface area contributed by atoms with Gasteiger partial charge in [-0.05, 0) is 59.0 Å². The number of nitrogens with zero attached hydrogens (tertiary/aromatic N) is 2. The van der Waals surface area contributed by atoms with Gasteiger partial charge < -0.3 is 16.0 Å². The molecular formula is C23H22Cl2N4O. The molecule has 1 amide bonds. The number of rotatable bonds is 6. The smallest absolute Gasteiger partial charge is 0.240 e. The van der Waals surface area contributed by atoms with Crippen molar-refractivity contribution in [2.75, 3.05) is 5.32 Å². The topological polar surface area (TPSA) is 71.2 Å². The average molecular weight is 441 g/mol. The Balaban J connectivity index is 1.38. The fraction of sp³-hybridized carbons (Fsp3) is 0.217. The van der Waals surface area contributed by atoms with Crippen LogP contribution in [0, 0.1) is 0 Å². The molecule has 0 bridgehead atoms. The molecule has 3 N–H and O–H groups in total. The third-order valence-corrected chi connectivity index (χ3v) is 5.82. The number of halogens is 2. The molecule has 3 aromatic rings. The van der Waals surface area contributed by atoms with E-state index in [-0.39, 0.29) is 5.91 Å². The van der Waals surface area contributed by atoms with Gasteiger partial charge in [-0.25, -0.2) is 0 Å². The summed E-state index contributed by atoms with van der Waals surface area (Å²) in [6.45, 7) is 1.82. The minimum Gasteiger partial charge on any atom is -0.381 e. The molecule has 7 heteroatoms. The third kappa shape index (κ3) is 4.75. The van der Waals surface area contributed by atoms with Crippen LogP contribution >= 0.6 is 23.2 Å². The lowest BCUT2D eigenvalue weighted by Gasteiger charge is -2.20. The summed E-state index contributed by atoms with van der Waals surface area (Å²) < 4.78 is 0. The Labute approximate surface area is 185 Å². The predicted molar refractivity (Wildman–Crippen MR) is 120 cm³/mol. The standard InChI is InChI=1S/C23H22Cl2N4O/c24-19-5-3-16(21(25)10-19)9-22(26)23(30)29-13-17-4-6-20(8-18(17)14-29)28-12-15-2-1-7-27-11-15/h1-8,10-11,22,28H,9,12-14,26H2/t22-/m1/s1. The first-order chi connectivity index (χ1) is 14.5. The predicted octanol–water partition coefficient (Wildman–Crippen LogP) is 4.41. The van der Waals surface area contributed by atoms with E-state index in [4.69, 9.17) is 28.9 Å². The van der Waals surface area contributed by atoms with Crippen LogP contribution in [0.25, 0.3) is 0 Å². The zero-order chi connectivity index (χ0) is 21.1. The minimum absolute atomic E-state index is 0.0814. The molecule has 1 aliphatic heterocycles. The van der Waals surface area contributed by atoms with Gasteiger partial charge in [-0.2, -0.15) is 0 Å². The Bertz CT molecular complexity index is 1060. The highest BCUT2D eigenvalue weighted by atomic mass is 35.5. The molecule has 0 aliphatic carbocycles. The van der Waals surface area contributed by atoms with E-state index < -0.39 is 6.04 Å². The second-order valence-electron chi connectivity index (χ2n) is 7.44. The second-order valence-corrected chi connectivity index (χ2v) is 8.28. The van der Waals surface area contributed by atoms with Crippen molar-refractivity contribution in [2.24, 2.45) is 5.73 Å². The lowest BCUT2D eigenvalue weighted by atomic mass is 10.1. The molecule has 5 nitrogen and oxygen atoms in total. The Morgan fingerprint density at radius 2 is 1.97 bits per heavy atom. The van der Waals surface area contributed by atoms with Gasteiger partial charge in [0.2, 0.25) is 5.91 Å². The van der Waals surface area contributed by atoms with Crippen molar-refractivity contribution in [3.63, 3.8) is 0 Å². The van der Waals surface area contributed by atoms with Crippen LogP contribution in [0.3, 0.4) is 0 Å². The molecule has 0 fully saturated rings. The van der Waals surface area contributed by atoms with Crippen LogP contribution in [0.2, 0.25) is 10.0 Å². The zero-order valence-electron chi connectivity index (χ0n) is 16.3. The summed E-state index contributed by atoms with van der Waals surface area (Å²) in [6, 6.07) is 14.7. The molecule has 154 valence electrons. The molecule has 1 aliphatic rings. The van der Waals surface area contributed by atoms with Gasteiger partial charge in [-0.1, -0.05) is 41.4 Å². The molecule has 1 atom stereocenters. The number of carbonyl (C=O) groups is 1. The van der Waals surface area contributed by atoms with Crippen molar-refractivity contribution in [3.8, 4) is 0 Å². The molecule has 1 aromatic heterocycles. The monoisotopic (exact) mass is 440 g/mol. The van der Waals surface area contributed by atoms with Gasteiger partial charge in [0, 0.05) is 47.8 Å². The third-order valence-electron chi connectivity index (χ3n) is 5.23. The first-order valence-electron chi connectivity index (χ1n) is 9.72. The molecule has 0 saturated heterocycles. The normalized spacial score (nSPS) is 13.8. The zero-order valence-corrected chi connectivity index (χ0v) is 17.8. The Hall–Kier alpha value is -2.60. The van der Waals surface area contributed by atoms with Crippen molar-refractivity contribution >= 4 is 34.8 Å². The number of nitrogens with one attached hydrogen (secondary N) is 1. The highest BCUT2D eigenvalue weighted by molar-refractivity contribution is 6.35. The maximum atomic E-state index is 12.9. The van der Waals surface area contributed by atoms with Gasteiger partial charge in [-0.3, -0.25) is 9.78 Å². The maximum absolute atomic E-state index is 12.9. The summed E-state index contributed by atoms with van der Waals surface area (Å²) in [5, 5.41) is 4.50. The van der Waals surface area contributed by atoms with Gasteiger partial charge in [0.15, 0.2) is 0 Å². The Kier molecular flexibility index (Phi) is 6.23. The average Bonchev–Trinajstić information content (AvgIpc) is 3.17. The van der Waals surface area contributed by atoms with Gasteiger partial charge in [0.25, 0.3) is 0 Å². The molecule has 0 unspecified atom stereocenters. The summed E-state index contributed by atoms with van der Waals surface area (Å²) in [6.07, 6.45) is 3.98. The summed E-state index contributed by atoms with van der Waals surface area (Å²) in [5.74, 6) is -0.0814. The van der Waals surface area contributed by atoms with Crippen molar-refractivity contribution in [2.45, 2.75) is 32.1 Å². The SMILES string of the molecule is N[C@H](Cc1ccc(Cl)cc1Cl)C(=O)N1Cc2ccc(NCc3cccnc3)cc2C1. The van der Waals surface area contributed by atoms with Crippen LogP contribution in [0.4, 0.5) is 5.69 Å². The summed E-state index contributed by atoms with van der Waals surface area (Å²) >= 11 is 12.2. The van der Waals surface area contributed by atoms with E-state index in [0.29, 0.717) is 36.1 Å². The molecule has 0 spiro atoms. The number of hydrogen-bond acceptors (Lipinski definition) is 4. The highest BCUT2D eigenvalue weighted by Gasteiger charge is 2.27. The summed E-state index contributed by atoms with van der Waals surface area (Å²) in [7, 11) is 0. The number of anilines is 1. The number of fused-ring (bicyclic) bond motifs is 1. The van der Waals surface area contributed by atoms with Crippen LogP contribution in [-0.2, 0) is 30.8 Å². The molecule has 0 saturated carbocycles. The minimum atomic E-state index is -0.652. The fourth-order valence-electron chi connectivity index (χ4n) is 3.61. The lowest BCUT2D eigenvalue weighted by molar-refractivity contribution is -0.133. The van der Waals surface area contributed by atoms with Crippen LogP contribution in [0.5, 0.6) is 0 Å². The maximum Gasteiger partial charge on any atom is 0.240 e. The number of benzene rings is 2. The molecule has 2 aromatic carbocycles. The van der Waals surface area contributed by atoms with Crippen LogP contribution in [0.15, 0.2) is 60.9 Å². The summed E-state index contributed by atoms with van der Waals surface area (Å²) in [4.78, 5) is 18.8. The molecule has 0 radical (unpaired) electrons. The van der Waals surface area contributed by atoms with Crippen LogP contribution in [0.1, 0.15) is 22.3 Å². The van der Waals surface area contributed by atoms with E-state index in [2.05, 4.69) is 22.4 Å². The Morgan fingerprint density at radius 3 is 2.73 bits per heavy atom. The van der Waals surface area contributed by atoms with Gasteiger partial charge in [0.1, 0.15) is 0 Å². The van der Waals surface area contributed by atoms with Gasteiger partial charge >= 0.3 is 0 Å². The highest BCUT2D eigenvalue weighted by Crippen LogP contribution is 2.27. The quantitative estimate of drug-likeness (QED) is 0.595. The molecule has 4 rings (SSSR count). The van der Waals surface area contributed by atoms with E-state index in [1.54, 1.807) is 23.2 Å². The van der Waals surface area contributed by atoms with E-state index >= 15 is 0 Å². The largest absolute Gasteiger partial charge is 0.381 e. The van der Waals surface area contributed by atoms with Gasteiger partial charge in [-0.15, -0.1) is 0 Å². The molecular weight excluding hydrogens is 419 g/mol. The number of aromatic nitrogens is 1. The molecule has 30 heavy (non-hydrogen) atoms. The van der Waals surface area contributed by atoms with Crippen molar-refractivity contribution in [1.82, 2.24) is 9.88 Å². The van der Waals surface area contributed by atoms with E-state index in [0.717, 1.165) is 27.9 Å². The van der Waals surface area contributed by atoms with Crippen LogP contribution in [-0.4, -0.2) is 21.8 Å². The molecule has 2 heterocycles. The number of nitrogens with two attached hydrogens (primary N) is 1. The van der Waals surface area contributed by atoms with E-state index in [1.807, 2.05) is 30.5 Å². The van der Waals surface area contributed by atoms with Gasteiger partial charge in [0.05, 0.1) is 6.04 Å². The number of hydrogen-bond donors (Lipinski definition) is 2. The van der Waals surface area contributed by atoms with E-state index in [9.17, 15) is 4.79 Å². The van der Waals surface area contributed by atoms with Crippen molar-refractivity contribution in [3.05, 3.63) is 93.2 Å². The van der Waals surface area contributed by atoms with Crippen LogP contribution < -0.4 is 11.1 Å².